The van der Waals surface area contributed by atoms with Gasteiger partial charge in [0.05, 0.1) is 17.5 Å². The fourth-order valence-electron chi connectivity index (χ4n) is 1.64. The summed E-state index contributed by atoms with van der Waals surface area (Å²) in [5.74, 6) is 0.880. The molecule has 2 rings (SSSR count). The second-order valence-corrected chi connectivity index (χ2v) is 4.02. The Morgan fingerprint density at radius 1 is 1.33 bits per heavy atom. The van der Waals surface area contributed by atoms with E-state index in [0.29, 0.717) is 6.42 Å². The molecule has 1 heterocycles. The van der Waals surface area contributed by atoms with Gasteiger partial charge in [-0.15, -0.1) is 0 Å². The van der Waals surface area contributed by atoms with Crippen molar-refractivity contribution >= 4 is 16.8 Å². The van der Waals surface area contributed by atoms with Crippen molar-refractivity contribution < 1.29 is 4.79 Å². The number of imidazole rings is 1. The summed E-state index contributed by atoms with van der Waals surface area (Å²) in [6.45, 7) is 5.71. The molecule has 0 atom stereocenters. The third-order valence-corrected chi connectivity index (χ3v) is 2.56. The molecule has 0 amide bonds. The van der Waals surface area contributed by atoms with E-state index >= 15 is 0 Å². The number of H-pyrrole nitrogens is 1. The highest BCUT2D eigenvalue weighted by molar-refractivity contribution is 5.81. The molecular weight excluding hydrogens is 188 g/mol. The number of aromatic nitrogens is 2. The molecule has 0 saturated carbocycles. The Kier molecular flexibility index (Phi) is 2.31. The molecule has 78 valence electrons. The van der Waals surface area contributed by atoms with E-state index in [9.17, 15) is 4.79 Å². The number of rotatable bonds is 2. The second kappa shape index (κ2) is 3.50. The van der Waals surface area contributed by atoms with Gasteiger partial charge in [0, 0.05) is 0 Å². The molecule has 2 aromatic rings. The maximum atomic E-state index is 11.0. The van der Waals surface area contributed by atoms with Crippen molar-refractivity contribution in [1.29, 1.82) is 0 Å². The summed E-state index contributed by atoms with van der Waals surface area (Å²) in [6, 6.07) is 4.12. The number of hydrogen-bond acceptors (Lipinski definition) is 2. The van der Waals surface area contributed by atoms with Crippen LogP contribution in [-0.2, 0) is 11.2 Å². The molecule has 0 radical (unpaired) electrons. The zero-order valence-electron chi connectivity index (χ0n) is 9.22. The van der Waals surface area contributed by atoms with Crippen LogP contribution in [0, 0.1) is 13.8 Å². The van der Waals surface area contributed by atoms with E-state index in [1.807, 2.05) is 6.07 Å². The van der Waals surface area contributed by atoms with Crippen molar-refractivity contribution in [1.82, 2.24) is 9.97 Å². The predicted molar refractivity (Wildman–Crippen MR) is 60.0 cm³/mol. The maximum Gasteiger partial charge on any atom is 0.137 e. The first kappa shape index (κ1) is 9.90. The number of fused-ring (bicyclic) bond motifs is 1. The van der Waals surface area contributed by atoms with Crippen LogP contribution in [0.25, 0.3) is 11.0 Å². The van der Waals surface area contributed by atoms with Crippen LogP contribution in [0.3, 0.4) is 0 Å². The van der Waals surface area contributed by atoms with E-state index in [0.717, 1.165) is 16.9 Å². The summed E-state index contributed by atoms with van der Waals surface area (Å²) in [4.78, 5) is 18.5. The quantitative estimate of drug-likeness (QED) is 0.812. The Morgan fingerprint density at radius 2 is 2.00 bits per heavy atom. The zero-order valence-corrected chi connectivity index (χ0v) is 9.22. The summed E-state index contributed by atoms with van der Waals surface area (Å²) >= 11 is 0. The lowest BCUT2D eigenvalue weighted by Crippen LogP contribution is -1.97. The number of carbonyl (C=O) groups is 1. The minimum absolute atomic E-state index is 0.127. The van der Waals surface area contributed by atoms with Gasteiger partial charge in [-0.2, -0.15) is 0 Å². The highest BCUT2D eigenvalue weighted by atomic mass is 16.1. The summed E-state index contributed by atoms with van der Waals surface area (Å²) in [5.41, 5.74) is 4.41. The van der Waals surface area contributed by atoms with Gasteiger partial charge in [-0.1, -0.05) is 0 Å². The average molecular weight is 202 g/mol. The van der Waals surface area contributed by atoms with Crippen LogP contribution in [0.1, 0.15) is 23.9 Å². The molecule has 15 heavy (non-hydrogen) atoms. The Hall–Kier alpha value is -1.64. The zero-order chi connectivity index (χ0) is 11.0. The number of ketones is 1. The van der Waals surface area contributed by atoms with Crippen molar-refractivity contribution in [2.75, 3.05) is 0 Å². The number of nitrogens with zero attached hydrogens (tertiary/aromatic N) is 1. The van der Waals surface area contributed by atoms with E-state index in [1.54, 1.807) is 6.92 Å². The monoisotopic (exact) mass is 202 g/mol. The molecule has 0 aliphatic heterocycles. The van der Waals surface area contributed by atoms with Crippen LogP contribution in [0.2, 0.25) is 0 Å². The Balaban J connectivity index is 2.51. The Bertz CT molecular complexity index is 487. The predicted octanol–water partition coefficient (Wildman–Crippen LogP) is 2.31. The average Bonchev–Trinajstić information content (AvgIpc) is 2.46. The normalized spacial score (nSPS) is 10.9. The minimum atomic E-state index is 0.127. The highest BCUT2D eigenvalue weighted by Crippen LogP contribution is 2.17. The fraction of sp³-hybridized carbons (Fsp3) is 0.333. The van der Waals surface area contributed by atoms with Crippen LogP contribution < -0.4 is 0 Å². The van der Waals surface area contributed by atoms with Crippen LogP contribution in [0.15, 0.2) is 12.1 Å². The molecule has 3 heteroatoms. The van der Waals surface area contributed by atoms with Crippen molar-refractivity contribution in [2.24, 2.45) is 0 Å². The van der Waals surface area contributed by atoms with Gasteiger partial charge in [-0.05, 0) is 44.0 Å². The smallest absolute Gasteiger partial charge is 0.137 e. The number of hydrogen-bond donors (Lipinski definition) is 1. The summed E-state index contributed by atoms with van der Waals surface area (Å²) in [7, 11) is 0. The summed E-state index contributed by atoms with van der Waals surface area (Å²) < 4.78 is 0. The Morgan fingerprint density at radius 3 is 2.67 bits per heavy atom. The molecule has 0 aliphatic carbocycles. The lowest BCUT2D eigenvalue weighted by atomic mass is 10.1. The Labute approximate surface area is 88.5 Å². The third-order valence-electron chi connectivity index (χ3n) is 2.56. The molecule has 0 aliphatic rings. The SMILES string of the molecule is CC(=O)Cc1nc2cc(C)c(C)cc2[nH]1. The number of Topliss-reactive ketones (excluding diaryl/α,β-unsaturated/α-hetero) is 1. The van der Waals surface area contributed by atoms with E-state index in [2.05, 4.69) is 29.9 Å². The van der Waals surface area contributed by atoms with Gasteiger partial charge < -0.3 is 4.98 Å². The van der Waals surface area contributed by atoms with Crippen molar-refractivity contribution in [3.63, 3.8) is 0 Å². The molecule has 0 fully saturated rings. The second-order valence-electron chi connectivity index (χ2n) is 4.02. The first-order valence-electron chi connectivity index (χ1n) is 5.01. The highest BCUT2D eigenvalue weighted by Gasteiger charge is 2.06. The summed E-state index contributed by atoms with van der Waals surface area (Å²) in [5, 5.41) is 0. The van der Waals surface area contributed by atoms with Gasteiger partial charge in [0.1, 0.15) is 11.6 Å². The molecule has 3 nitrogen and oxygen atoms in total. The van der Waals surface area contributed by atoms with Crippen LogP contribution in [0.5, 0.6) is 0 Å². The van der Waals surface area contributed by atoms with Crippen molar-refractivity contribution in [2.45, 2.75) is 27.2 Å². The molecule has 1 aromatic heterocycles. The van der Waals surface area contributed by atoms with Gasteiger partial charge in [0.15, 0.2) is 0 Å². The van der Waals surface area contributed by atoms with Crippen molar-refractivity contribution in [3.05, 3.63) is 29.1 Å². The van der Waals surface area contributed by atoms with E-state index < -0.39 is 0 Å². The standard InChI is InChI=1S/C12H14N2O/c1-7-4-10-11(5-8(7)2)14-12(13-10)6-9(3)15/h4-5H,6H2,1-3H3,(H,13,14). The lowest BCUT2D eigenvalue weighted by Gasteiger charge is -1.97. The summed E-state index contributed by atoms with van der Waals surface area (Å²) in [6.07, 6.45) is 0.382. The van der Waals surface area contributed by atoms with Crippen molar-refractivity contribution in [3.8, 4) is 0 Å². The molecule has 0 unspecified atom stereocenters. The van der Waals surface area contributed by atoms with Gasteiger partial charge in [-0.25, -0.2) is 4.98 Å². The first-order chi connectivity index (χ1) is 7.06. The molecule has 0 saturated heterocycles. The fourth-order valence-corrected chi connectivity index (χ4v) is 1.64. The van der Waals surface area contributed by atoms with Crippen LogP contribution in [-0.4, -0.2) is 15.8 Å². The van der Waals surface area contributed by atoms with Gasteiger partial charge in [0.2, 0.25) is 0 Å². The van der Waals surface area contributed by atoms with Gasteiger partial charge in [-0.3, -0.25) is 4.79 Å². The number of carbonyl (C=O) groups excluding carboxylic acids is 1. The largest absolute Gasteiger partial charge is 0.342 e. The van der Waals surface area contributed by atoms with Crippen LogP contribution >= 0.6 is 0 Å². The lowest BCUT2D eigenvalue weighted by molar-refractivity contribution is -0.116. The minimum Gasteiger partial charge on any atom is -0.342 e. The number of aryl methyl sites for hydroxylation is 2. The maximum absolute atomic E-state index is 11.0. The van der Waals surface area contributed by atoms with Crippen LogP contribution in [0.4, 0.5) is 0 Å². The number of aromatic amines is 1. The topological polar surface area (TPSA) is 45.8 Å². The third kappa shape index (κ3) is 1.91. The molecular formula is C12H14N2O. The van der Waals surface area contributed by atoms with Gasteiger partial charge >= 0.3 is 0 Å². The molecule has 0 bridgehead atoms. The number of benzene rings is 1. The number of nitrogens with one attached hydrogen (secondary N) is 1. The molecule has 0 spiro atoms. The first-order valence-corrected chi connectivity index (χ1v) is 5.01. The van der Waals surface area contributed by atoms with E-state index in [1.165, 1.54) is 11.1 Å². The molecule has 1 aromatic carbocycles. The van der Waals surface area contributed by atoms with E-state index in [-0.39, 0.29) is 5.78 Å². The van der Waals surface area contributed by atoms with Gasteiger partial charge in [0.25, 0.3) is 0 Å². The van der Waals surface area contributed by atoms with E-state index in [4.69, 9.17) is 0 Å². The molecule has 1 N–H and O–H groups in total.